The van der Waals surface area contributed by atoms with Gasteiger partial charge in [0, 0.05) is 27.8 Å². The molecule has 3 aromatic rings. The molecule has 2 nitrogen and oxygen atoms in total. The van der Waals surface area contributed by atoms with E-state index in [1.54, 1.807) is 6.92 Å². The molecule has 0 fully saturated rings. The molecule has 0 aliphatic carbocycles. The first-order chi connectivity index (χ1) is 19.1. The summed E-state index contributed by atoms with van der Waals surface area (Å²) in [6, 6.07) is 2.24. The maximum Gasteiger partial charge on any atom is 0.333 e. The van der Waals surface area contributed by atoms with Gasteiger partial charge >= 0.3 is 5.97 Å². The topological polar surface area (TPSA) is 26.3 Å². The number of carbonyl (C=O) groups is 1. The van der Waals surface area contributed by atoms with E-state index in [4.69, 9.17) is 4.74 Å². The van der Waals surface area contributed by atoms with Gasteiger partial charge in [0.25, 0.3) is 0 Å². The Kier molecular flexibility index (Phi) is 9.41. The summed E-state index contributed by atoms with van der Waals surface area (Å²) >= 11 is 0. The van der Waals surface area contributed by atoms with Crippen LogP contribution in [0.15, 0.2) is 18.2 Å². The third-order valence-electron chi connectivity index (χ3n) is 9.09. The Morgan fingerprint density at radius 1 is 0.561 bits per heavy atom. The van der Waals surface area contributed by atoms with Crippen molar-refractivity contribution in [2.75, 3.05) is 0 Å². The van der Waals surface area contributed by atoms with Crippen LogP contribution in [0.25, 0.3) is 0 Å². The van der Waals surface area contributed by atoms with E-state index in [1.807, 2.05) is 0 Å². The second-order valence-corrected chi connectivity index (χ2v) is 11.6. The van der Waals surface area contributed by atoms with E-state index < -0.39 is 0 Å². The van der Waals surface area contributed by atoms with Gasteiger partial charge < -0.3 is 4.74 Å². The number of ether oxygens (including phenoxy) is 1. The van der Waals surface area contributed by atoms with Crippen molar-refractivity contribution in [3.8, 4) is 23.7 Å². The zero-order valence-electron chi connectivity index (χ0n) is 27.3. The average Bonchev–Trinajstić information content (AvgIpc) is 2.92. The highest BCUT2D eigenvalue weighted by atomic mass is 16.5. The SMILES string of the molecule is C=C(C)C(=O)OCc1c(C)c(C)c(C#Cc2c(C)c(C)c(C#Cc3c(C)c(C)cc(C)c3C)c(C)c2C)c(C)c1C. The fourth-order valence-corrected chi connectivity index (χ4v) is 5.40. The molecule has 0 atom stereocenters. The molecule has 41 heavy (non-hydrogen) atoms. The highest BCUT2D eigenvalue weighted by molar-refractivity contribution is 5.87. The predicted molar refractivity (Wildman–Crippen MR) is 173 cm³/mol. The number of esters is 1. The third-order valence-corrected chi connectivity index (χ3v) is 9.09. The van der Waals surface area contributed by atoms with Crippen molar-refractivity contribution in [3.05, 3.63) is 113 Å². The summed E-state index contributed by atoms with van der Waals surface area (Å²) in [6.07, 6.45) is 0. The maximum absolute atomic E-state index is 12.0. The molecular weight excluding hydrogens is 500 g/mol. The van der Waals surface area contributed by atoms with Crippen LogP contribution in [0.1, 0.15) is 102 Å². The number of hydrogen-bond donors (Lipinski definition) is 0. The molecule has 3 rings (SSSR count). The Bertz CT molecular complexity index is 1650. The summed E-state index contributed by atoms with van der Waals surface area (Å²) in [6.45, 7) is 31.2. The molecule has 0 amide bonds. The van der Waals surface area contributed by atoms with Gasteiger partial charge in [-0.3, -0.25) is 0 Å². The van der Waals surface area contributed by atoms with Gasteiger partial charge in [-0.25, -0.2) is 4.79 Å². The number of benzene rings is 3. The Hall–Kier alpha value is -4.01. The summed E-state index contributed by atoms with van der Waals surface area (Å²) in [5.74, 6) is 13.8. The molecule has 0 aromatic heterocycles. The number of carbonyl (C=O) groups excluding carboxylic acids is 1. The second kappa shape index (κ2) is 12.2. The van der Waals surface area contributed by atoms with Crippen molar-refractivity contribution in [3.63, 3.8) is 0 Å². The van der Waals surface area contributed by atoms with Crippen molar-refractivity contribution in [1.82, 2.24) is 0 Å². The molecule has 3 aromatic carbocycles. The summed E-state index contributed by atoms with van der Waals surface area (Å²) < 4.78 is 5.49. The van der Waals surface area contributed by atoms with E-state index in [0.29, 0.717) is 5.57 Å². The lowest BCUT2D eigenvalue weighted by Crippen LogP contribution is -2.09. The minimum atomic E-state index is -0.368. The summed E-state index contributed by atoms with van der Waals surface area (Å²) in [5, 5.41) is 0. The summed E-state index contributed by atoms with van der Waals surface area (Å²) in [5.41, 5.74) is 20.0. The van der Waals surface area contributed by atoms with Gasteiger partial charge in [0.1, 0.15) is 6.61 Å². The van der Waals surface area contributed by atoms with Gasteiger partial charge in [-0.15, -0.1) is 0 Å². The third kappa shape index (κ3) is 6.04. The molecule has 212 valence electrons. The van der Waals surface area contributed by atoms with Crippen molar-refractivity contribution < 1.29 is 9.53 Å². The standard InChI is InChI=1S/C39H44O2/c1-21(2)39(40)41-20-38-32(13)30(11)37(31(12)33(38)14)18-17-36-28(9)26(7)35(27(8)29(36)10)16-15-34-24(5)22(3)19-23(4)25(34)6/h19H,1,20H2,2-14H3. The molecule has 0 spiro atoms. The van der Waals surface area contributed by atoms with Crippen molar-refractivity contribution in [2.45, 2.75) is 96.6 Å². The lowest BCUT2D eigenvalue weighted by molar-refractivity contribution is -0.140. The maximum atomic E-state index is 12.0. The molecule has 0 aliphatic heterocycles. The lowest BCUT2D eigenvalue weighted by atomic mass is 9.87. The molecule has 0 unspecified atom stereocenters. The minimum Gasteiger partial charge on any atom is -0.457 e. The zero-order chi connectivity index (χ0) is 30.9. The van der Waals surface area contributed by atoms with E-state index in [1.165, 1.54) is 44.5 Å². The molecule has 0 radical (unpaired) electrons. The van der Waals surface area contributed by atoms with E-state index in [0.717, 1.165) is 50.1 Å². The largest absolute Gasteiger partial charge is 0.457 e. The first-order valence-corrected chi connectivity index (χ1v) is 14.2. The van der Waals surface area contributed by atoms with Crippen LogP contribution in [0, 0.1) is 107 Å². The zero-order valence-corrected chi connectivity index (χ0v) is 27.3. The van der Waals surface area contributed by atoms with Crippen molar-refractivity contribution in [1.29, 1.82) is 0 Å². The Balaban J connectivity index is 2.10. The van der Waals surface area contributed by atoms with Crippen LogP contribution >= 0.6 is 0 Å². The van der Waals surface area contributed by atoms with Gasteiger partial charge in [0.05, 0.1) is 0 Å². The van der Waals surface area contributed by atoms with Gasteiger partial charge in [-0.1, -0.05) is 36.3 Å². The smallest absolute Gasteiger partial charge is 0.333 e. The Labute approximate surface area is 248 Å². The first-order valence-electron chi connectivity index (χ1n) is 14.2. The van der Waals surface area contributed by atoms with Crippen molar-refractivity contribution >= 4 is 5.97 Å². The fourth-order valence-electron chi connectivity index (χ4n) is 5.40. The minimum absolute atomic E-state index is 0.235. The van der Waals surface area contributed by atoms with E-state index in [-0.39, 0.29) is 12.6 Å². The molecule has 0 saturated heterocycles. The summed E-state index contributed by atoms with van der Waals surface area (Å²) in [7, 11) is 0. The van der Waals surface area contributed by atoms with Crippen LogP contribution in [0.3, 0.4) is 0 Å². The number of rotatable bonds is 3. The molecule has 0 heterocycles. The number of hydrogen-bond acceptors (Lipinski definition) is 2. The molecule has 0 aliphatic rings. The van der Waals surface area contributed by atoms with E-state index >= 15 is 0 Å². The van der Waals surface area contributed by atoms with Gasteiger partial charge in [-0.2, -0.15) is 0 Å². The van der Waals surface area contributed by atoms with Crippen LogP contribution in [0.5, 0.6) is 0 Å². The van der Waals surface area contributed by atoms with Crippen LogP contribution in [0.4, 0.5) is 0 Å². The summed E-state index contributed by atoms with van der Waals surface area (Å²) in [4.78, 5) is 12.0. The molecule has 0 saturated carbocycles. The monoisotopic (exact) mass is 544 g/mol. The van der Waals surface area contributed by atoms with Crippen LogP contribution < -0.4 is 0 Å². The van der Waals surface area contributed by atoms with E-state index in [2.05, 4.69) is 119 Å². The molecule has 0 N–H and O–H groups in total. The Morgan fingerprint density at radius 3 is 1.17 bits per heavy atom. The molecule has 0 bridgehead atoms. The van der Waals surface area contributed by atoms with Crippen molar-refractivity contribution in [2.24, 2.45) is 0 Å². The van der Waals surface area contributed by atoms with E-state index in [9.17, 15) is 4.79 Å². The normalized spacial score (nSPS) is 10.5. The fraction of sp³-hybridized carbons (Fsp3) is 0.359. The highest BCUT2D eigenvalue weighted by Crippen LogP contribution is 2.29. The van der Waals surface area contributed by atoms with Gasteiger partial charge in [0.2, 0.25) is 0 Å². The van der Waals surface area contributed by atoms with Crippen LogP contribution in [0.2, 0.25) is 0 Å². The molecular formula is C39H44O2. The molecule has 2 heteroatoms. The predicted octanol–water partition coefficient (Wildman–Crippen LogP) is 8.81. The van der Waals surface area contributed by atoms with Gasteiger partial charge in [-0.05, 0) is 162 Å². The lowest BCUT2D eigenvalue weighted by Gasteiger charge is -2.18. The highest BCUT2D eigenvalue weighted by Gasteiger charge is 2.17. The van der Waals surface area contributed by atoms with Gasteiger partial charge in [0.15, 0.2) is 0 Å². The number of aryl methyl sites for hydroxylation is 2. The second-order valence-electron chi connectivity index (χ2n) is 11.6. The first kappa shape index (κ1) is 31.5. The van der Waals surface area contributed by atoms with Crippen LogP contribution in [-0.4, -0.2) is 5.97 Å². The van der Waals surface area contributed by atoms with Crippen LogP contribution in [-0.2, 0) is 16.1 Å². The average molecular weight is 545 g/mol. The Morgan fingerprint density at radius 2 is 0.854 bits per heavy atom. The quantitative estimate of drug-likeness (QED) is 0.187.